The molecule has 3 heteroatoms. The van der Waals surface area contributed by atoms with E-state index in [4.69, 9.17) is 9.84 Å². The minimum atomic E-state index is -0.764. The van der Waals surface area contributed by atoms with Crippen LogP contribution in [0.25, 0.3) is 0 Å². The number of unbranched alkanes of at least 4 members (excludes halogenated alkanes) is 1. The number of carbonyl (C=O) groups is 1. The zero-order valence-electron chi connectivity index (χ0n) is 8.96. The van der Waals surface area contributed by atoms with Crippen molar-refractivity contribution in [2.75, 3.05) is 7.11 Å². The predicted molar refractivity (Wildman–Crippen MR) is 51.7 cm³/mol. The van der Waals surface area contributed by atoms with Gasteiger partial charge >= 0.3 is 5.97 Å². The van der Waals surface area contributed by atoms with Crippen LogP contribution in [0, 0.1) is 5.92 Å². The fourth-order valence-corrected chi connectivity index (χ4v) is 1.32. The van der Waals surface area contributed by atoms with Crippen LogP contribution in [0.5, 0.6) is 0 Å². The first-order valence-electron chi connectivity index (χ1n) is 4.73. The molecule has 0 fully saturated rings. The highest BCUT2D eigenvalue weighted by atomic mass is 16.5. The third kappa shape index (κ3) is 3.77. The number of carboxylic acids is 1. The molecule has 0 spiro atoms. The highest BCUT2D eigenvalue weighted by molar-refractivity contribution is 5.71. The molecule has 0 aromatic heterocycles. The van der Waals surface area contributed by atoms with Crippen molar-refractivity contribution in [1.82, 2.24) is 0 Å². The summed E-state index contributed by atoms with van der Waals surface area (Å²) in [5.41, 5.74) is -0.568. The lowest BCUT2D eigenvalue weighted by Gasteiger charge is -2.29. The van der Waals surface area contributed by atoms with Crippen molar-refractivity contribution in [3.63, 3.8) is 0 Å². The topological polar surface area (TPSA) is 46.5 Å². The van der Waals surface area contributed by atoms with Crippen molar-refractivity contribution in [2.45, 2.75) is 45.6 Å². The zero-order valence-corrected chi connectivity index (χ0v) is 8.96. The molecule has 1 N–H and O–H groups in total. The van der Waals surface area contributed by atoms with E-state index in [0.29, 0.717) is 6.42 Å². The number of rotatable bonds is 6. The number of hydrogen-bond donors (Lipinski definition) is 1. The summed E-state index contributed by atoms with van der Waals surface area (Å²) in [5.74, 6) is -1.17. The summed E-state index contributed by atoms with van der Waals surface area (Å²) < 4.78 is 5.18. The molecular weight excluding hydrogens is 168 g/mol. The summed E-state index contributed by atoms with van der Waals surface area (Å²) in [6, 6.07) is 0. The van der Waals surface area contributed by atoms with E-state index in [9.17, 15) is 4.79 Å². The number of aliphatic carboxylic acids is 1. The summed E-state index contributed by atoms with van der Waals surface area (Å²) in [4.78, 5) is 10.9. The maximum Gasteiger partial charge on any atom is 0.309 e. The molecule has 0 bridgehead atoms. The molecule has 0 saturated heterocycles. The molecule has 0 aliphatic carbocycles. The molecule has 1 unspecified atom stereocenters. The zero-order chi connectivity index (χ0) is 10.5. The van der Waals surface area contributed by atoms with E-state index in [0.717, 1.165) is 12.8 Å². The fourth-order valence-electron chi connectivity index (χ4n) is 1.32. The second kappa shape index (κ2) is 5.22. The van der Waals surface area contributed by atoms with Crippen molar-refractivity contribution in [3.8, 4) is 0 Å². The van der Waals surface area contributed by atoms with Gasteiger partial charge in [0.2, 0.25) is 0 Å². The van der Waals surface area contributed by atoms with Gasteiger partial charge in [-0.15, -0.1) is 0 Å². The van der Waals surface area contributed by atoms with Crippen LogP contribution in [0.15, 0.2) is 0 Å². The number of methoxy groups -OCH3 is 1. The third-order valence-corrected chi connectivity index (χ3v) is 2.51. The number of hydrogen-bond acceptors (Lipinski definition) is 2. The minimum absolute atomic E-state index is 0.405. The first kappa shape index (κ1) is 12.4. The van der Waals surface area contributed by atoms with Gasteiger partial charge in [0.15, 0.2) is 0 Å². The number of carboxylic acid groups (broad SMARTS) is 1. The van der Waals surface area contributed by atoms with Gasteiger partial charge in [-0.2, -0.15) is 0 Å². The summed E-state index contributed by atoms with van der Waals surface area (Å²) in [7, 11) is 1.56. The molecular formula is C10H20O3. The van der Waals surface area contributed by atoms with E-state index in [1.807, 2.05) is 13.8 Å². The van der Waals surface area contributed by atoms with Gasteiger partial charge in [-0.25, -0.2) is 0 Å². The van der Waals surface area contributed by atoms with Crippen LogP contribution in [0.2, 0.25) is 0 Å². The Morgan fingerprint density at radius 2 is 2.08 bits per heavy atom. The van der Waals surface area contributed by atoms with Gasteiger partial charge in [0.1, 0.15) is 0 Å². The normalized spacial score (nSPS) is 14.2. The smallest absolute Gasteiger partial charge is 0.309 e. The molecule has 0 heterocycles. The van der Waals surface area contributed by atoms with Crippen molar-refractivity contribution < 1.29 is 14.6 Å². The third-order valence-electron chi connectivity index (χ3n) is 2.51. The first-order chi connectivity index (χ1) is 5.95. The fraction of sp³-hybridized carbons (Fsp3) is 0.900. The molecule has 3 nitrogen and oxygen atoms in total. The SMILES string of the molecule is CCCCC(C(=O)O)C(C)(C)OC. The van der Waals surface area contributed by atoms with E-state index in [1.54, 1.807) is 7.11 Å². The molecule has 0 aliphatic rings. The molecule has 0 amide bonds. The van der Waals surface area contributed by atoms with Crippen LogP contribution < -0.4 is 0 Å². The molecule has 13 heavy (non-hydrogen) atoms. The Kier molecular flexibility index (Phi) is 4.99. The Labute approximate surface area is 80.1 Å². The van der Waals surface area contributed by atoms with E-state index in [2.05, 4.69) is 6.92 Å². The molecule has 1 atom stereocenters. The first-order valence-corrected chi connectivity index (χ1v) is 4.73. The van der Waals surface area contributed by atoms with Gasteiger partial charge < -0.3 is 9.84 Å². The lowest BCUT2D eigenvalue weighted by molar-refractivity contribution is -0.152. The average molecular weight is 188 g/mol. The monoisotopic (exact) mass is 188 g/mol. The predicted octanol–water partition coefficient (Wildman–Crippen LogP) is 2.30. The van der Waals surface area contributed by atoms with Gasteiger partial charge in [-0.3, -0.25) is 4.79 Å². The van der Waals surface area contributed by atoms with Crippen LogP contribution in [-0.4, -0.2) is 23.8 Å². The van der Waals surface area contributed by atoms with Crippen molar-refractivity contribution >= 4 is 5.97 Å². The van der Waals surface area contributed by atoms with Crippen LogP contribution >= 0.6 is 0 Å². The van der Waals surface area contributed by atoms with Crippen molar-refractivity contribution in [2.24, 2.45) is 5.92 Å². The van der Waals surface area contributed by atoms with Crippen LogP contribution in [0.1, 0.15) is 40.0 Å². The van der Waals surface area contributed by atoms with Crippen molar-refractivity contribution in [3.05, 3.63) is 0 Å². The van der Waals surface area contributed by atoms with Gasteiger partial charge in [0, 0.05) is 7.11 Å². The van der Waals surface area contributed by atoms with Crippen LogP contribution in [-0.2, 0) is 9.53 Å². The highest BCUT2D eigenvalue weighted by Gasteiger charge is 2.34. The second-order valence-corrected chi connectivity index (χ2v) is 3.84. The van der Waals surface area contributed by atoms with E-state index in [-0.39, 0.29) is 0 Å². The number of ether oxygens (including phenoxy) is 1. The molecule has 0 aromatic rings. The highest BCUT2D eigenvalue weighted by Crippen LogP contribution is 2.25. The Balaban J connectivity index is 4.32. The molecule has 0 aromatic carbocycles. The summed E-state index contributed by atoms with van der Waals surface area (Å²) in [5, 5.41) is 8.99. The summed E-state index contributed by atoms with van der Waals surface area (Å²) in [6.07, 6.45) is 2.64. The Bertz CT molecular complexity index is 164. The Morgan fingerprint density at radius 3 is 2.38 bits per heavy atom. The largest absolute Gasteiger partial charge is 0.481 e. The Morgan fingerprint density at radius 1 is 1.54 bits per heavy atom. The maximum atomic E-state index is 10.9. The maximum absolute atomic E-state index is 10.9. The van der Waals surface area contributed by atoms with E-state index >= 15 is 0 Å². The van der Waals surface area contributed by atoms with Crippen LogP contribution in [0.3, 0.4) is 0 Å². The van der Waals surface area contributed by atoms with E-state index in [1.165, 1.54) is 0 Å². The summed E-state index contributed by atoms with van der Waals surface area (Å²) >= 11 is 0. The lowest BCUT2D eigenvalue weighted by Crippen LogP contribution is -2.38. The standard InChI is InChI=1S/C10H20O3/c1-5-6-7-8(9(11)12)10(2,3)13-4/h8H,5-7H2,1-4H3,(H,11,12). The quantitative estimate of drug-likeness (QED) is 0.695. The minimum Gasteiger partial charge on any atom is -0.481 e. The Hall–Kier alpha value is -0.570. The van der Waals surface area contributed by atoms with Crippen molar-refractivity contribution in [1.29, 1.82) is 0 Å². The second-order valence-electron chi connectivity index (χ2n) is 3.84. The molecule has 0 rings (SSSR count). The van der Waals surface area contributed by atoms with Gasteiger partial charge in [-0.1, -0.05) is 19.8 Å². The van der Waals surface area contributed by atoms with Crippen LogP contribution in [0.4, 0.5) is 0 Å². The summed E-state index contributed by atoms with van der Waals surface area (Å²) in [6.45, 7) is 5.70. The molecule has 0 radical (unpaired) electrons. The molecule has 0 aliphatic heterocycles. The molecule has 78 valence electrons. The molecule has 0 saturated carbocycles. The average Bonchev–Trinajstić information content (AvgIpc) is 2.04. The lowest BCUT2D eigenvalue weighted by atomic mass is 9.86. The van der Waals surface area contributed by atoms with E-state index < -0.39 is 17.5 Å². The van der Waals surface area contributed by atoms with Gasteiger partial charge in [0.25, 0.3) is 0 Å². The van der Waals surface area contributed by atoms with Gasteiger partial charge in [-0.05, 0) is 20.3 Å². The van der Waals surface area contributed by atoms with Gasteiger partial charge in [0.05, 0.1) is 11.5 Å².